The van der Waals surface area contributed by atoms with Crippen molar-refractivity contribution in [3.8, 4) is 0 Å². The lowest BCUT2D eigenvalue weighted by molar-refractivity contribution is -0.385. The Bertz CT molecular complexity index is 1070. The van der Waals surface area contributed by atoms with Crippen LogP contribution in [0.2, 0.25) is 0 Å². The molecule has 1 aliphatic heterocycles. The van der Waals surface area contributed by atoms with Crippen molar-refractivity contribution in [2.75, 3.05) is 17.2 Å². The number of nitrogens with one attached hydrogen (secondary N) is 2. The van der Waals surface area contributed by atoms with Gasteiger partial charge in [-0.3, -0.25) is 24.5 Å². The Morgan fingerprint density at radius 3 is 2.55 bits per heavy atom. The smallest absolute Gasteiger partial charge is 0.272 e. The molecule has 31 heavy (non-hydrogen) atoms. The van der Waals surface area contributed by atoms with Crippen LogP contribution >= 0.6 is 0 Å². The average Bonchev–Trinajstić information content (AvgIpc) is 3.19. The van der Waals surface area contributed by atoms with Gasteiger partial charge in [0.05, 0.1) is 10.6 Å². The highest BCUT2D eigenvalue weighted by molar-refractivity contribution is 6.02. The summed E-state index contributed by atoms with van der Waals surface area (Å²) in [5, 5.41) is 16.0. The molecule has 10 heteroatoms. The molecule has 0 aromatic heterocycles. The van der Waals surface area contributed by atoms with Crippen LogP contribution in [0.4, 0.5) is 21.5 Å². The van der Waals surface area contributed by atoms with Gasteiger partial charge in [0.1, 0.15) is 11.9 Å². The number of hydrogen-bond acceptors (Lipinski definition) is 5. The van der Waals surface area contributed by atoms with Crippen LogP contribution in [0.5, 0.6) is 0 Å². The van der Waals surface area contributed by atoms with Crippen LogP contribution in [-0.4, -0.2) is 40.1 Å². The molecule has 1 fully saturated rings. The summed E-state index contributed by atoms with van der Waals surface area (Å²) in [7, 11) is 0. The number of hydrogen-bond donors (Lipinski definition) is 2. The highest BCUT2D eigenvalue weighted by Gasteiger charge is 2.35. The molecule has 2 aromatic carbocycles. The van der Waals surface area contributed by atoms with Gasteiger partial charge in [0.2, 0.25) is 11.8 Å². The summed E-state index contributed by atoms with van der Waals surface area (Å²) < 4.78 is 14.2. The van der Waals surface area contributed by atoms with E-state index in [0.29, 0.717) is 30.6 Å². The summed E-state index contributed by atoms with van der Waals surface area (Å²) in [6, 6.07) is 7.02. The lowest BCUT2D eigenvalue weighted by Gasteiger charge is -2.24. The van der Waals surface area contributed by atoms with Crippen molar-refractivity contribution in [2.45, 2.75) is 32.7 Å². The Labute approximate surface area is 177 Å². The van der Waals surface area contributed by atoms with E-state index in [1.54, 1.807) is 0 Å². The first-order valence-electron chi connectivity index (χ1n) is 9.61. The molecule has 0 spiro atoms. The number of rotatable bonds is 5. The van der Waals surface area contributed by atoms with Gasteiger partial charge in [-0.05, 0) is 50.1 Å². The van der Waals surface area contributed by atoms with Crippen LogP contribution in [-0.2, 0) is 9.59 Å². The van der Waals surface area contributed by atoms with Crippen LogP contribution in [0.3, 0.4) is 0 Å². The first kappa shape index (κ1) is 21.9. The summed E-state index contributed by atoms with van der Waals surface area (Å²) in [5.41, 5.74) is 0.697. The molecule has 162 valence electrons. The Kier molecular flexibility index (Phi) is 6.28. The number of benzene rings is 2. The zero-order valence-electron chi connectivity index (χ0n) is 17.0. The SMILES string of the molecule is CC(=O)Nc1ccc(F)c(NC(=O)C2CCCN2C(=O)c2ccc([N+](=O)[O-])c(C)c2)c1. The summed E-state index contributed by atoms with van der Waals surface area (Å²) in [5.74, 6) is -1.99. The van der Waals surface area contributed by atoms with Crippen LogP contribution < -0.4 is 10.6 Å². The number of carbonyl (C=O) groups excluding carboxylic acids is 3. The van der Waals surface area contributed by atoms with Crippen LogP contribution in [0.1, 0.15) is 35.7 Å². The monoisotopic (exact) mass is 428 g/mol. The van der Waals surface area contributed by atoms with E-state index >= 15 is 0 Å². The van der Waals surface area contributed by atoms with Gasteiger partial charge >= 0.3 is 0 Å². The molecule has 2 N–H and O–H groups in total. The Morgan fingerprint density at radius 2 is 1.90 bits per heavy atom. The Morgan fingerprint density at radius 1 is 1.16 bits per heavy atom. The quantitative estimate of drug-likeness (QED) is 0.559. The van der Waals surface area contributed by atoms with E-state index in [4.69, 9.17) is 0 Å². The minimum Gasteiger partial charge on any atom is -0.327 e. The van der Waals surface area contributed by atoms with Gasteiger partial charge in [0.25, 0.3) is 11.6 Å². The standard InChI is InChI=1S/C21H21FN4O5/c1-12-10-14(5-8-18(12)26(30)31)21(29)25-9-3-4-19(25)20(28)24-17-11-15(23-13(2)27)6-7-16(17)22/h5-8,10-11,19H,3-4,9H2,1-2H3,(H,23,27)(H,24,28). The highest BCUT2D eigenvalue weighted by Crippen LogP contribution is 2.26. The first-order chi connectivity index (χ1) is 14.7. The molecule has 3 amide bonds. The zero-order valence-corrected chi connectivity index (χ0v) is 17.0. The predicted molar refractivity (Wildman–Crippen MR) is 111 cm³/mol. The second kappa shape index (κ2) is 8.90. The molecule has 1 unspecified atom stereocenters. The molecule has 1 heterocycles. The van der Waals surface area contributed by atoms with Gasteiger partial charge in [-0.1, -0.05) is 0 Å². The minimum atomic E-state index is -0.813. The molecular formula is C21H21FN4O5. The molecule has 3 rings (SSSR count). The number of likely N-dealkylation sites (tertiary alicyclic amines) is 1. The van der Waals surface area contributed by atoms with Crippen LogP contribution in [0, 0.1) is 22.9 Å². The largest absolute Gasteiger partial charge is 0.327 e. The lowest BCUT2D eigenvalue weighted by Crippen LogP contribution is -2.43. The number of amides is 3. The molecule has 9 nitrogen and oxygen atoms in total. The van der Waals surface area contributed by atoms with Gasteiger partial charge in [-0.25, -0.2) is 4.39 Å². The van der Waals surface area contributed by atoms with E-state index in [1.807, 2.05) is 0 Å². The fourth-order valence-corrected chi connectivity index (χ4v) is 3.56. The average molecular weight is 428 g/mol. The van der Waals surface area contributed by atoms with Gasteiger partial charge in [0.15, 0.2) is 0 Å². The molecule has 0 saturated carbocycles. The van der Waals surface area contributed by atoms with E-state index in [9.17, 15) is 28.9 Å². The highest BCUT2D eigenvalue weighted by atomic mass is 19.1. The zero-order chi connectivity index (χ0) is 22.7. The van der Waals surface area contributed by atoms with E-state index in [1.165, 1.54) is 49.1 Å². The van der Waals surface area contributed by atoms with Crippen molar-refractivity contribution in [1.29, 1.82) is 0 Å². The van der Waals surface area contributed by atoms with Gasteiger partial charge < -0.3 is 15.5 Å². The number of nitro groups is 1. The normalized spacial score (nSPS) is 15.5. The third kappa shape index (κ3) is 4.85. The lowest BCUT2D eigenvalue weighted by atomic mass is 10.1. The summed E-state index contributed by atoms with van der Waals surface area (Å²) >= 11 is 0. The molecule has 1 atom stereocenters. The second-order valence-corrected chi connectivity index (χ2v) is 7.28. The summed E-state index contributed by atoms with van der Waals surface area (Å²) in [4.78, 5) is 48.8. The second-order valence-electron chi connectivity index (χ2n) is 7.28. The van der Waals surface area contributed by atoms with Crippen molar-refractivity contribution in [1.82, 2.24) is 4.90 Å². The van der Waals surface area contributed by atoms with Crippen LogP contribution in [0.15, 0.2) is 36.4 Å². The molecule has 0 bridgehead atoms. The van der Waals surface area contributed by atoms with Crippen molar-refractivity contribution in [3.63, 3.8) is 0 Å². The number of nitro benzene ring substituents is 1. The number of anilines is 2. The van der Waals surface area contributed by atoms with Crippen molar-refractivity contribution in [2.24, 2.45) is 0 Å². The third-order valence-corrected chi connectivity index (χ3v) is 5.00. The van der Waals surface area contributed by atoms with E-state index in [2.05, 4.69) is 10.6 Å². The fraction of sp³-hybridized carbons (Fsp3) is 0.286. The van der Waals surface area contributed by atoms with E-state index in [-0.39, 0.29) is 22.8 Å². The van der Waals surface area contributed by atoms with Gasteiger partial charge in [-0.15, -0.1) is 0 Å². The molecule has 0 aliphatic carbocycles. The summed E-state index contributed by atoms with van der Waals surface area (Å²) in [6.45, 7) is 3.18. The first-order valence-corrected chi connectivity index (χ1v) is 9.61. The Balaban J connectivity index is 1.78. The maximum Gasteiger partial charge on any atom is 0.272 e. The van der Waals surface area contributed by atoms with Gasteiger partial charge in [0, 0.05) is 36.3 Å². The molecule has 0 radical (unpaired) electrons. The molecular weight excluding hydrogens is 407 g/mol. The van der Waals surface area contributed by atoms with E-state index in [0.717, 1.165) is 6.07 Å². The number of nitrogens with zero attached hydrogens (tertiary/aromatic N) is 2. The van der Waals surface area contributed by atoms with Gasteiger partial charge in [-0.2, -0.15) is 0 Å². The third-order valence-electron chi connectivity index (χ3n) is 5.00. The van der Waals surface area contributed by atoms with Crippen molar-refractivity contribution in [3.05, 3.63) is 63.5 Å². The van der Waals surface area contributed by atoms with Crippen LogP contribution in [0.25, 0.3) is 0 Å². The minimum absolute atomic E-state index is 0.0956. The number of carbonyl (C=O) groups is 3. The van der Waals surface area contributed by atoms with E-state index < -0.39 is 28.6 Å². The van der Waals surface area contributed by atoms with Crippen molar-refractivity contribution >= 4 is 34.8 Å². The topological polar surface area (TPSA) is 122 Å². The summed E-state index contributed by atoms with van der Waals surface area (Å²) in [6.07, 6.45) is 0.987. The van der Waals surface area contributed by atoms with Crippen molar-refractivity contribution < 1.29 is 23.7 Å². The maximum atomic E-state index is 14.2. The fourth-order valence-electron chi connectivity index (χ4n) is 3.56. The molecule has 2 aromatic rings. The number of halogens is 1. The molecule has 1 saturated heterocycles. The molecule has 1 aliphatic rings. The maximum absolute atomic E-state index is 14.2. The number of aryl methyl sites for hydroxylation is 1. The Hall–Kier alpha value is -3.82. The predicted octanol–water partition coefficient (Wildman–Crippen LogP) is 3.24.